The second-order valence-corrected chi connectivity index (χ2v) is 5.21. The van der Waals surface area contributed by atoms with E-state index in [0.717, 1.165) is 16.4 Å². The SMILES string of the molecule is CNC(=O)c1c(/C=N/O)oc2cc(N(C)C)c(Br)cc12. The van der Waals surface area contributed by atoms with E-state index in [2.05, 4.69) is 26.4 Å². The summed E-state index contributed by atoms with van der Waals surface area (Å²) in [5.74, 6) is -0.0900. The van der Waals surface area contributed by atoms with Gasteiger partial charge in [0, 0.05) is 37.1 Å². The zero-order chi connectivity index (χ0) is 14.9. The number of anilines is 1. The van der Waals surface area contributed by atoms with E-state index in [9.17, 15) is 4.79 Å². The minimum Gasteiger partial charge on any atom is -0.454 e. The highest BCUT2D eigenvalue weighted by Crippen LogP contribution is 2.34. The van der Waals surface area contributed by atoms with Crippen LogP contribution in [0.2, 0.25) is 0 Å². The Morgan fingerprint density at radius 1 is 1.50 bits per heavy atom. The van der Waals surface area contributed by atoms with Gasteiger partial charge in [-0.25, -0.2) is 0 Å². The molecular weight excluding hydrogens is 326 g/mol. The fourth-order valence-corrected chi connectivity index (χ4v) is 2.67. The van der Waals surface area contributed by atoms with Gasteiger partial charge in [0.2, 0.25) is 0 Å². The molecule has 0 aliphatic carbocycles. The molecule has 0 saturated heterocycles. The number of nitrogens with zero attached hydrogens (tertiary/aromatic N) is 2. The third-order valence-electron chi connectivity index (χ3n) is 2.90. The number of amides is 1. The standard InChI is InChI=1S/C13H14BrN3O3/c1-15-13(18)12-7-4-8(14)9(17(2)3)5-10(7)20-11(12)6-16-19/h4-6,19H,1-3H3,(H,15,18)/b16-6+. The van der Waals surface area contributed by atoms with Crippen LogP contribution in [0.1, 0.15) is 16.1 Å². The van der Waals surface area contributed by atoms with Gasteiger partial charge in [-0.3, -0.25) is 4.79 Å². The summed E-state index contributed by atoms with van der Waals surface area (Å²) in [6, 6.07) is 3.63. The summed E-state index contributed by atoms with van der Waals surface area (Å²) in [6.45, 7) is 0. The molecule has 2 N–H and O–H groups in total. The molecular formula is C13H14BrN3O3. The Kier molecular flexibility index (Phi) is 3.99. The van der Waals surface area contributed by atoms with Gasteiger partial charge in [0.05, 0.1) is 11.3 Å². The number of hydrogen-bond donors (Lipinski definition) is 2. The van der Waals surface area contributed by atoms with Crippen molar-refractivity contribution in [2.24, 2.45) is 5.16 Å². The van der Waals surface area contributed by atoms with Gasteiger partial charge in [-0.2, -0.15) is 0 Å². The molecule has 20 heavy (non-hydrogen) atoms. The van der Waals surface area contributed by atoms with Crippen LogP contribution in [0.25, 0.3) is 11.0 Å². The molecule has 0 radical (unpaired) electrons. The first-order chi connectivity index (χ1) is 9.49. The lowest BCUT2D eigenvalue weighted by atomic mass is 10.1. The van der Waals surface area contributed by atoms with Crippen molar-refractivity contribution in [1.29, 1.82) is 0 Å². The second kappa shape index (κ2) is 5.54. The average molecular weight is 340 g/mol. The fraction of sp³-hybridized carbons (Fsp3) is 0.231. The molecule has 1 aromatic heterocycles. The Morgan fingerprint density at radius 2 is 2.20 bits per heavy atom. The first-order valence-corrected chi connectivity index (χ1v) is 6.61. The molecule has 1 heterocycles. The fourth-order valence-electron chi connectivity index (χ4n) is 1.97. The number of benzene rings is 1. The number of furan rings is 1. The van der Waals surface area contributed by atoms with Gasteiger partial charge >= 0.3 is 0 Å². The Morgan fingerprint density at radius 3 is 2.75 bits per heavy atom. The van der Waals surface area contributed by atoms with E-state index in [1.54, 1.807) is 0 Å². The Balaban J connectivity index is 2.78. The quantitative estimate of drug-likeness (QED) is 0.511. The normalized spacial score (nSPS) is 11.2. The topological polar surface area (TPSA) is 78.1 Å². The molecule has 0 aliphatic heterocycles. The van der Waals surface area contributed by atoms with Gasteiger partial charge in [0.15, 0.2) is 5.76 Å². The van der Waals surface area contributed by atoms with Gasteiger partial charge in [-0.1, -0.05) is 5.16 Å². The maximum Gasteiger partial charge on any atom is 0.255 e. The molecule has 1 aromatic carbocycles. The van der Waals surface area contributed by atoms with E-state index in [4.69, 9.17) is 9.62 Å². The molecule has 0 atom stereocenters. The molecule has 0 spiro atoms. The van der Waals surface area contributed by atoms with E-state index < -0.39 is 0 Å². The average Bonchev–Trinajstić information content (AvgIpc) is 2.74. The van der Waals surface area contributed by atoms with Crippen molar-refractivity contribution in [3.8, 4) is 0 Å². The summed E-state index contributed by atoms with van der Waals surface area (Å²) in [7, 11) is 5.35. The van der Waals surface area contributed by atoms with Gasteiger partial charge in [-0.15, -0.1) is 0 Å². The number of carbonyl (C=O) groups excluding carboxylic acids is 1. The van der Waals surface area contributed by atoms with Gasteiger partial charge in [0.1, 0.15) is 11.8 Å². The maximum absolute atomic E-state index is 12.0. The molecule has 2 rings (SSSR count). The summed E-state index contributed by atoms with van der Waals surface area (Å²) in [5, 5.41) is 14.8. The van der Waals surface area contributed by atoms with Crippen molar-refractivity contribution in [1.82, 2.24) is 5.32 Å². The summed E-state index contributed by atoms with van der Waals surface area (Å²) in [5.41, 5.74) is 1.80. The van der Waals surface area contributed by atoms with Crippen molar-refractivity contribution >= 4 is 44.7 Å². The summed E-state index contributed by atoms with van der Waals surface area (Å²) in [4.78, 5) is 13.9. The summed E-state index contributed by atoms with van der Waals surface area (Å²) in [6.07, 6.45) is 1.10. The lowest BCUT2D eigenvalue weighted by molar-refractivity contribution is 0.0963. The number of oxime groups is 1. The smallest absolute Gasteiger partial charge is 0.255 e. The molecule has 0 aliphatic rings. The van der Waals surface area contributed by atoms with Crippen molar-refractivity contribution in [3.63, 3.8) is 0 Å². The highest BCUT2D eigenvalue weighted by molar-refractivity contribution is 9.10. The van der Waals surface area contributed by atoms with Crippen LogP contribution in [-0.4, -0.2) is 38.5 Å². The molecule has 2 aromatic rings. The minimum atomic E-state index is -0.303. The van der Waals surface area contributed by atoms with E-state index in [1.165, 1.54) is 7.05 Å². The third-order valence-corrected chi connectivity index (χ3v) is 3.53. The molecule has 6 nitrogen and oxygen atoms in total. The van der Waals surface area contributed by atoms with Gasteiger partial charge < -0.3 is 19.8 Å². The van der Waals surface area contributed by atoms with Crippen molar-refractivity contribution in [3.05, 3.63) is 27.9 Å². The van der Waals surface area contributed by atoms with Crippen molar-refractivity contribution < 1.29 is 14.4 Å². The van der Waals surface area contributed by atoms with Crippen molar-refractivity contribution in [2.75, 3.05) is 26.0 Å². The minimum absolute atomic E-state index is 0.213. The van der Waals surface area contributed by atoms with Crippen LogP contribution in [0.5, 0.6) is 0 Å². The van der Waals surface area contributed by atoms with Crippen LogP contribution in [0.3, 0.4) is 0 Å². The van der Waals surface area contributed by atoms with Crippen LogP contribution in [0.15, 0.2) is 26.2 Å². The van der Waals surface area contributed by atoms with E-state index in [1.807, 2.05) is 31.1 Å². The first-order valence-electron chi connectivity index (χ1n) is 5.82. The monoisotopic (exact) mass is 339 g/mol. The lowest BCUT2D eigenvalue weighted by Crippen LogP contribution is -2.18. The van der Waals surface area contributed by atoms with Crippen LogP contribution < -0.4 is 10.2 Å². The predicted octanol–water partition coefficient (Wildman–Crippen LogP) is 2.43. The lowest BCUT2D eigenvalue weighted by Gasteiger charge is -2.14. The zero-order valence-corrected chi connectivity index (χ0v) is 12.9. The zero-order valence-electron chi connectivity index (χ0n) is 11.3. The van der Waals surface area contributed by atoms with Crippen LogP contribution in [0, 0.1) is 0 Å². The van der Waals surface area contributed by atoms with Crippen LogP contribution >= 0.6 is 15.9 Å². The third kappa shape index (κ3) is 2.36. The molecule has 7 heteroatoms. The van der Waals surface area contributed by atoms with Gasteiger partial charge in [0.25, 0.3) is 5.91 Å². The molecule has 106 valence electrons. The summed E-state index contributed by atoms with van der Waals surface area (Å²) >= 11 is 3.47. The Labute approximate surface area is 124 Å². The highest BCUT2D eigenvalue weighted by atomic mass is 79.9. The molecule has 0 bridgehead atoms. The van der Waals surface area contributed by atoms with Crippen LogP contribution in [0.4, 0.5) is 5.69 Å². The van der Waals surface area contributed by atoms with Gasteiger partial charge in [-0.05, 0) is 22.0 Å². The Hall–Kier alpha value is -2.02. The van der Waals surface area contributed by atoms with Crippen LogP contribution in [-0.2, 0) is 0 Å². The van der Waals surface area contributed by atoms with E-state index >= 15 is 0 Å². The largest absolute Gasteiger partial charge is 0.454 e. The molecule has 0 saturated carbocycles. The first kappa shape index (κ1) is 14.4. The maximum atomic E-state index is 12.0. The number of nitrogens with one attached hydrogen (secondary N) is 1. The number of fused-ring (bicyclic) bond motifs is 1. The number of rotatable bonds is 3. The second-order valence-electron chi connectivity index (χ2n) is 4.36. The highest BCUT2D eigenvalue weighted by Gasteiger charge is 2.20. The number of carbonyl (C=O) groups is 1. The van der Waals surface area contributed by atoms with E-state index in [-0.39, 0.29) is 11.7 Å². The summed E-state index contributed by atoms with van der Waals surface area (Å²) < 4.78 is 6.43. The number of halogens is 1. The number of hydrogen-bond acceptors (Lipinski definition) is 5. The Bertz CT molecular complexity index is 692. The molecule has 0 fully saturated rings. The predicted molar refractivity (Wildman–Crippen MR) is 81.0 cm³/mol. The molecule has 1 amide bonds. The van der Waals surface area contributed by atoms with Crippen molar-refractivity contribution in [2.45, 2.75) is 0 Å². The van der Waals surface area contributed by atoms with E-state index in [0.29, 0.717) is 16.5 Å². The molecule has 0 unspecified atom stereocenters.